The molecular formula is C17H23F3N2OS. The summed E-state index contributed by atoms with van der Waals surface area (Å²) < 4.78 is 37.8. The Kier molecular flexibility index (Phi) is 6.57. The summed E-state index contributed by atoms with van der Waals surface area (Å²) in [5.41, 5.74) is 0.241. The minimum Gasteiger partial charge on any atom is -0.340 e. The zero-order chi connectivity index (χ0) is 17.7. The summed E-state index contributed by atoms with van der Waals surface area (Å²) in [4.78, 5) is 16.3. The number of benzene rings is 1. The number of hydrogen-bond acceptors (Lipinski definition) is 3. The van der Waals surface area contributed by atoms with Crippen LogP contribution in [0, 0.1) is 0 Å². The van der Waals surface area contributed by atoms with E-state index in [0.717, 1.165) is 43.8 Å². The van der Waals surface area contributed by atoms with Crippen molar-refractivity contribution in [3.05, 3.63) is 35.4 Å². The standard InChI is InChI=1S/C17H23F3N2OS/c1-13(24-2)16(23)22-9-3-8-21(10-11-22)12-14-4-6-15(7-5-14)17(18,19)20/h4-7,13H,3,8-12H2,1-2H3. The zero-order valence-corrected chi connectivity index (χ0v) is 14.8. The molecule has 3 nitrogen and oxygen atoms in total. The van der Waals surface area contributed by atoms with Crippen LogP contribution in [0.25, 0.3) is 0 Å². The molecule has 1 unspecified atom stereocenters. The van der Waals surface area contributed by atoms with Crippen molar-refractivity contribution in [2.75, 3.05) is 32.4 Å². The van der Waals surface area contributed by atoms with Gasteiger partial charge in [0.1, 0.15) is 0 Å². The van der Waals surface area contributed by atoms with E-state index in [4.69, 9.17) is 0 Å². The van der Waals surface area contributed by atoms with Crippen LogP contribution in [-0.2, 0) is 17.5 Å². The lowest BCUT2D eigenvalue weighted by Gasteiger charge is -2.24. The molecule has 1 amide bonds. The highest BCUT2D eigenvalue weighted by molar-refractivity contribution is 7.99. The monoisotopic (exact) mass is 360 g/mol. The van der Waals surface area contributed by atoms with E-state index in [2.05, 4.69) is 4.90 Å². The van der Waals surface area contributed by atoms with Crippen LogP contribution in [-0.4, -0.2) is 53.4 Å². The van der Waals surface area contributed by atoms with Crippen LogP contribution in [0.4, 0.5) is 13.2 Å². The van der Waals surface area contributed by atoms with E-state index in [9.17, 15) is 18.0 Å². The SMILES string of the molecule is CSC(C)C(=O)N1CCCN(Cc2ccc(C(F)(F)F)cc2)CC1. The van der Waals surface area contributed by atoms with E-state index in [-0.39, 0.29) is 11.2 Å². The normalized spacial score (nSPS) is 18.3. The van der Waals surface area contributed by atoms with Gasteiger partial charge in [-0.1, -0.05) is 12.1 Å². The first-order valence-corrected chi connectivity index (χ1v) is 9.30. The smallest absolute Gasteiger partial charge is 0.340 e. The van der Waals surface area contributed by atoms with Crippen molar-refractivity contribution in [2.45, 2.75) is 31.3 Å². The van der Waals surface area contributed by atoms with Gasteiger partial charge in [0.15, 0.2) is 0 Å². The van der Waals surface area contributed by atoms with Crippen LogP contribution in [0.5, 0.6) is 0 Å². The third kappa shape index (κ3) is 5.14. The number of nitrogens with zero attached hydrogens (tertiary/aromatic N) is 2. The van der Waals surface area contributed by atoms with E-state index in [1.54, 1.807) is 11.8 Å². The van der Waals surface area contributed by atoms with Crippen LogP contribution >= 0.6 is 11.8 Å². The molecule has 1 fully saturated rings. The fourth-order valence-corrected chi connectivity index (χ4v) is 3.12. The molecule has 1 aliphatic heterocycles. The quantitative estimate of drug-likeness (QED) is 0.821. The lowest BCUT2D eigenvalue weighted by Crippen LogP contribution is -2.39. The first-order valence-electron chi connectivity index (χ1n) is 8.01. The van der Waals surface area contributed by atoms with Crippen molar-refractivity contribution in [3.8, 4) is 0 Å². The predicted molar refractivity (Wildman–Crippen MR) is 90.9 cm³/mol. The first kappa shape index (κ1) is 19.1. The Bertz CT molecular complexity index is 548. The number of thioether (sulfide) groups is 1. The van der Waals surface area contributed by atoms with Gasteiger partial charge in [-0.15, -0.1) is 0 Å². The molecule has 0 saturated carbocycles. The van der Waals surface area contributed by atoms with E-state index in [1.165, 1.54) is 12.1 Å². The number of amides is 1. The third-order valence-corrected chi connectivity index (χ3v) is 5.20. The molecule has 0 bridgehead atoms. The molecule has 2 rings (SSSR count). The second-order valence-corrected chi connectivity index (χ2v) is 7.21. The highest BCUT2D eigenvalue weighted by atomic mass is 32.2. The molecule has 1 aromatic carbocycles. The summed E-state index contributed by atoms with van der Waals surface area (Å²) in [6, 6.07) is 5.32. The van der Waals surface area contributed by atoms with Gasteiger partial charge in [-0.25, -0.2) is 0 Å². The fourth-order valence-electron chi connectivity index (χ4n) is 2.76. The van der Waals surface area contributed by atoms with Crippen LogP contribution in [0.15, 0.2) is 24.3 Å². The maximum absolute atomic E-state index is 12.6. The Labute approximate surface area is 145 Å². The molecular weight excluding hydrogens is 337 g/mol. The molecule has 1 aromatic rings. The van der Waals surface area contributed by atoms with Gasteiger partial charge in [-0.3, -0.25) is 9.69 Å². The summed E-state index contributed by atoms with van der Waals surface area (Å²) in [5.74, 6) is 0.166. The number of hydrogen-bond donors (Lipinski definition) is 0. The second kappa shape index (κ2) is 8.25. The number of alkyl halides is 3. The lowest BCUT2D eigenvalue weighted by molar-refractivity contribution is -0.137. The van der Waals surface area contributed by atoms with Gasteiger partial charge in [0.2, 0.25) is 5.91 Å². The number of rotatable bonds is 4. The Balaban J connectivity index is 1.91. The number of carbonyl (C=O) groups excluding carboxylic acids is 1. The van der Waals surface area contributed by atoms with E-state index in [0.29, 0.717) is 13.1 Å². The molecule has 7 heteroatoms. The minimum absolute atomic E-state index is 0.0357. The van der Waals surface area contributed by atoms with Gasteiger partial charge < -0.3 is 4.90 Å². The van der Waals surface area contributed by atoms with Crippen molar-refractivity contribution in [1.29, 1.82) is 0 Å². The Morgan fingerprint density at radius 1 is 1.17 bits per heavy atom. The zero-order valence-electron chi connectivity index (χ0n) is 14.0. The van der Waals surface area contributed by atoms with Crippen LogP contribution in [0.1, 0.15) is 24.5 Å². The third-order valence-electron chi connectivity index (χ3n) is 4.29. The first-order chi connectivity index (χ1) is 11.3. The van der Waals surface area contributed by atoms with E-state index in [1.807, 2.05) is 18.1 Å². The van der Waals surface area contributed by atoms with Gasteiger partial charge in [0, 0.05) is 32.7 Å². The molecule has 0 N–H and O–H groups in total. The predicted octanol–water partition coefficient (Wildman–Crippen LogP) is 3.49. The van der Waals surface area contributed by atoms with Gasteiger partial charge in [0.05, 0.1) is 10.8 Å². The van der Waals surface area contributed by atoms with Gasteiger partial charge in [0.25, 0.3) is 0 Å². The summed E-state index contributed by atoms with van der Waals surface area (Å²) in [7, 11) is 0. The molecule has 1 saturated heterocycles. The maximum Gasteiger partial charge on any atom is 0.416 e. The van der Waals surface area contributed by atoms with Crippen molar-refractivity contribution in [3.63, 3.8) is 0 Å². The lowest BCUT2D eigenvalue weighted by atomic mass is 10.1. The van der Waals surface area contributed by atoms with E-state index < -0.39 is 11.7 Å². The van der Waals surface area contributed by atoms with Crippen molar-refractivity contribution < 1.29 is 18.0 Å². The molecule has 0 aromatic heterocycles. The summed E-state index contributed by atoms with van der Waals surface area (Å²) in [6.07, 6.45) is -1.49. The Morgan fingerprint density at radius 2 is 1.83 bits per heavy atom. The number of carbonyl (C=O) groups is 1. The topological polar surface area (TPSA) is 23.6 Å². The van der Waals surface area contributed by atoms with Crippen LogP contribution in [0.2, 0.25) is 0 Å². The summed E-state index contributed by atoms with van der Waals surface area (Å²) in [6.45, 7) is 5.53. The summed E-state index contributed by atoms with van der Waals surface area (Å²) >= 11 is 1.54. The van der Waals surface area contributed by atoms with Gasteiger partial charge in [-0.05, 0) is 37.3 Å². The highest BCUT2D eigenvalue weighted by Crippen LogP contribution is 2.29. The molecule has 0 radical (unpaired) electrons. The van der Waals surface area contributed by atoms with Gasteiger partial charge in [-0.2, -0.15) is 24.9 Å². The largest absolute Gasteiger partial charge is 0.416 e. The molecule has 1 atom stereocenters. The molecule has 1 aliphatic rings. The van der Waals surface area contributed by atoms with Crippen LogP contribution < -0.4 is 0 Å². The Hall–Kier alpha value is -1.21. The summed E-state index contributed by atoms with van der Waals surface area (Å²) in [5, 5.41) is -0.0357. The van der Waals surface area contributed by atoms with Crippen molar-refractivity contribution in [2.24, 2.45) is 0 Å². The maximum atomic E-state index is 12.6. The molecule has 24 heavy (non-hydrogen) atoms. The molecule has 134 valence electrons. The number of halogens is 3. The average Bonchev–Trinajstić information content (AvgIpc) is 2.78. The van der Waals surface area contributed by atoms with E-state index >= 15 is 0 Å². The molecule has 0 aliphatic carbocycles. The highest BCUT2D eigenvalue weighted by Gasteiger charge is 2.30. The van der Waals surface area contributed by atoms with Crippen molar-refractivity contribution in [1.82, 2.24) is 9.80 Å². The molecule has 1 heterocycles. The van der Waals surface area contributed by atoms with Crippen molar-refractivity contribution >= 4 is 17.7 Å². The van der Waals surface area contributed by atoms with Gasteiger partial charge >= 0.3 is 6.18 Å². The minimum atomic E-state index is -4.30. The second-order valence-electron chi connectivity index (χ2n) is 6.03. The molecule has 0 spiro atoms. The van der Waals surface area contributed by atoms with Crippen LogP contribution in [0.3, 0.4) is 0 Å². The Morgan fingerprint density at radius 3 is 2.42 bits per heavy atom. The fraction of sp³-hybridized carbons (Fsp3) is 0.588. The average molecular weight is 360 g/mol.